The molecule has 0 spiro atoms. The van der Waals surface area contributed by atoms with Crippen molar-refractivity contribution in [2.24, 2.45) is 0 Å². The second kappa shape index (κ2) is 9.76. The van der Waals surface area contributed by atoms with Crippen LogP contribution in [0, 0.1) is 0 Å². The van der Waals surface area contributed by atoms with Gasteiger partial charge >= 0.3 is 178 Å². The average molecular weight is 440 g/mol. The summed E-state index contributed by atoms with van der Waals surface area (Å²) >= 11 is 3.54. The molecule has 4 rings (SSSR count). The normalized spacial score (nSPS) is 18.6. The molecule has 2 saturated carbocycles. The van der Waals surface area contributed by atoms with E-state index in [0.29, 0.717) is 12.1 Å². The monoisotopic (exact) mass is 440 g/mol. The van der Waals surface area contributed by atoms with Crippen molar-refractivity contribution in [2.45, 2.75) is 76.3 Å². The summed E-state index contributed by atoms with van der Waals surface area (Å²) in [4.78, 5) is 5.22. The van der Waals surface area contributed by atoms with Gasteiger partial charge < -0.3 is 0 Å². The quantitative estimate of drug-likeness (QED) is 0.516. The van der Waals surface area contributed by atoms with Crippen LogP contribution in [0.3, 0.4) is 0 Å². The Morgan fingerprint density at radius 1 is 0.571 bits per heavy atom. The Morgan fingerprint density at radius 3 is 1.29 bits per heavy atom. The van der Waals surface area contributed by atoms with Crippen molar-refractivity contribution in [3.63, 3.8) is 0 Å². The van der Waals surface area contributed by atoms with Crippen LogP contribution in [0.1, 0.15) is 64.2 Å². The maximum atomic E-state index is 3.54. The van der Waals surface area contributed by atoms with Crippen molar-refractivity contribution in [1.82, 2.24) is 0 Å². The maximum absolute atomic E-state index is 3.54. The predicted molar refractivity (Wildman–Crippen MR) is 122 cm³/mol. The molecule has 3 heteroatoms. The van der Waals surface area contributed by atoms with Gasteiger partial charge in [0.25, 0.3) is 0 Å². The van der Waals surface area contributed by atoms with E-state index in [0.717, 1.165) is 0 Å². The van der Waals surface area contributed by atoms with Gasteiger partial charge in [-0.1, -0.05) is 0 Å². The summed E-state index contributed by atoms with van der Waals surface area (Å²) in [7, 11) is 0. The SMILES string of the molecule is [Se]=C(N(c1ccccc1)C1CCCCC1)N(c1ccccc1)C1CCCCC1. The van der Waals surface area contributed by atoms with Gasteiger partial charge in [0.2, 0.25) is 0 Å². The van der Waals surface area contributed by atoms with E-state index in [-0.39, 0.29) is 0 Å². The Hall–Kier alpha value is -1.57. The van der Waals surface area contributed by atoms with Gasteiger partial charge in [-0.3, -0.25) is 0 Å². The van der Waals surface area contributed by atoms with Crippen LogP contribution >= 0.6 is 0 Å². The summed E-state index contributed by atoms with van der Waals surface area (Å²) in [6.07, 6.45) is 13.3. The third-order valence-corrected chi connectivity index (χ3v) is 7.19. The molecule has 2 aliphatic rings. The minimum absolute atomic E-state index is 0.585. The van der Waals surface area contributed by atoms with Crippen LogP contribution in [-0.4, -0.2) is 32.3 Å². The first-order valence-electron chi connectivity index (χ1n) is 11.1. The van der Waals surface area contributed by atoms with Gasteiger partial charge in [0, 0.05) is 0 Å². The summed E-state index contributed by atoms with van der Waals surface area (Å²) in [5.74, 6) is 0. The first-order valence-corrected chi connectivity index (χ1v) is 11.9. The van der Waals surface area contributed by atoms with Crippen LogP contribution in [0.15, 0.2) is 60.7 Å². The first kappa shape index (κ1) is 19.7. The summed E-state index contributed by atoms with van der Waals surface area (Å²) in [5, 5.41) is 0. The average Bonchev–Trinajstić information content (AvgIpc) is 2.77. The number of anilines is 2. The molecule has 28 heavy (non-hydrogen) atoms. The zero-order valence-electron chi connectivity index (χ0n) is 16.8. The Kier molecular flexibility index (Phi) is 6.88. The first-order chi connectivity index (χ1) is 13.8. The van der Waals surface area contributed by atoms with E-state index in [2.05, 4.69) is 86.0 Å². The van der Waals surface area contributed by atoms with Crippen molar-refractivity contribution in [1.29, 1.82) is 0 Å². The summed E-state index contributed by atoms with van der Waals surface area (Å²) in [6, 6.07) is 23.2. The predicted octanol–water partition coefficient (Wildman–Crippen LogP) is 5.92. The third-order valence-electron chi connectivity index (χ3n) is 6.36. The van der Waals surface area contributed by atoms with E-state index in [1.165, 1.54) is 80.2 Å². The Bertz CT molecular complexity index is 670. The molecule has 2 aromatic rings. The fraction of sp³-hybridized carbons (Fsp3) is 0.480. The molecule has 0 saturated heterocycles. The van der Waals surface area contributed by atoms with Crippen molar-refractivity contribution in [2.75, 3.05) is 9.80 Å². The molecule has 2 fully saturated rings. The van der Waals surface area contributed by atoms with Gasteiger partial charge in [-0.05, 0) is 0 Å². The number of para-hydroxylation sites is 2. The second-order valence-corrected chi connectivity index (χ2v) is 9.04. The molecule has 0 aliphatic heterocycles. The van der Waals surface area contributed by atoms with E-state index >= 15 is 0 Å². The van der Waals surface area contributed by atoms with Gasteiger partial charge in [0.05, 0.1) is 0 Å². The van der Waals surface area contributed by atoms with E-state index in [9.17, 15) is 0 Å². The molecule has 2 aliphatic carbocycles. The molecule has 2 aromatic carbocycles. The van der Waals surface area contributed by atoms with Crippen molar-refractivity contribution >= 4 is 31.6 Å². The van der Waals surface area contributed by atoms with Crippen LogP contribution in [-0.2, 0) is 0 Å². The van der Waals surface area contributed by atoms with Gasteiger partial charge in [-0.25, -0.2) is 0 Å². The van der Waals surface area contributed by atoms with Crippen LogP contribution in [0.2, 0.25) is 0 Å². The zero-order valence-corrected chi connectivity index (χ0v) is 18.5. The van der Waals surface area contributed by atoms with Crippen molar-refractivity contribution in [3.8, 4) is 0 Å². The zero-order chi connectivity index (χ0) is 19.2. The van der Waals surface area contributed by atoms with Crippen LogP contribution in [0.4, 0.5) is 11.4 Å². The Balaban J connectivity index is 1.70. The Labute approximate surface area is 178 Å². The fourth-order valence-corrected chi connectivity index (χ4v) is 5.99. The van der Waals surface area contributed by atoms with Gasteiger partial charge in [0.1, 0.15) is 0 Å². The molecular formula is C25H32N2Se. The van der Waals surface area contributed by atoms with Crippen LogP contribution in [0.25, 0.3) is 0 Å². The van der Waals surface area contributed by atoms with Crippen LogP contribution in [0.5, 0.6) is 0 Å². The molecule has 0 heterocycles. The molecule has 0 unspecified atom stereocenters. The summed E-state index contributed by atoms with van der Waals surface area (Å²) < 4.78 is 1.29. The molecule has 148 valence electrons. The Morgan fingerprint density at radius 2 is 0.929 bits per heavy atom. The summed E-state index contributed by atoms with van der Waals surface area (Å²) in [6.45, 7) is 0. The molecular weight excluding hydrogens is 407 g/mol. The van der Waals surface area contributed by atoms with E-state index in [1.54, 1.807) is 0 Å². The van der Waals surface area contributed by atoms with E-state index in [1.807, 2.05) is 0 Å². The molecule has 2 nitrogen and oxygen atoms in total. The third kappa shape index (κ3) is 4.53. The molecule has 0 atom stereocenters. The molecule has 0 radical (unpaired) electrons. The van der Waals surface area contributed by atoms with E-state index in [4.69, 9.17) is 0 Å². The number of nitrogens with zero attached hydrogens (tertiary/aromatic N) is 2. The van der Waals surface area contributed by atoms with Gasteiger partial charge in [0.15, 0.2) is 0 Å². The number of rotatable bonds is 6. The van der Waals surface area contributed by atoms with Crippen LogP contribution < -0.4 is 9.80 Å². The topological polar surface area (TPSA) is 6.48 Å². The molecule has 0 bridgehead atoms. The number of hydrogen-bond acceptors (Lipinski definition) is 2. The minimum atomic E-state index is 0.585. The molecule has 0 aromatic heterocycles. The van der Waals surface area contributed by atoms with Crippen molar-refractivity contribution in [3.05, 3.63) is 60.7 Å². The standard InChI is InChI=1S/C25H32N2Se/c28-25(26(21-13-5-1-6-14-21)22-15-7-2-8-16-22)27(23-17-9-3-10-18-23)24-19-11-4-12-20-24/h1,3,5-6,9-10,13-14,17-18,22,24H,2,4,7-8,11-12,15-16,19-20H2. The number of benzene rings is 2. The number of hydrogen-bond donors (Lipinski definition) is 0. The second-order valence-electron chi connectivity index (χ2n) is 8.28. The van der Waals surface area contributed by atoms with Crippen molar-refractivity contribution < 1.29 is 0 Å². The van der Waals surface area contributed by atoms with Gasteiger partial charge in [-0.2, -0.15) is 0 Å². The van der Waals surface area contributed by atoms with Gasteiger partial charge in [-0.15, -0.1) is 0 Å². The molecule has 0 N–H and O–H groups in total. The van der Waals surface area contributed by atoms with E-state index < -0.39 is 0 Å². The fourth-order valence-electron chi connectivity index (χ4n) is 4.93. The molecule has 0 amide bonds. The summed E-state index contributed by atoms with van der Waals surface area (Å²) in [5.41, 5.74) is 2.64.